The lowest BCUT2D eigenvalue weighted by Gasteiger charge is -2.34. The summed E-state index contributed by atoms with van der Waals surface area (Å²) in [5, 5.41) is 97.1. The Kier molecular flexibility index (Phi) is 27.1. The molecule has 1 aromatic heterocycles. The Bertz CT molecular complexity index is 1360. The molecular weight excluding hydrogens is 766 g/mol. The van der Waals surface area contributed by atoms with Gasteiger partial charge in [-0.2, -0.15) is 0 Å². The van der Waals surface area contributed by atoms with Crippen LogP contribution in [0.2, 0.25) is 0 Å². The molecule has 0 aliphatic heterocycles. The molecule has 0 aliphatic rings. The third kappa shape index (κ3) is 22.3. The Morgan fingerprint density at radius 3 is 1.71 bits per heavy atom. The number of carbonyl (C=O) groups is 5. The maximum atomic E-state index is 12.8. The number of carboxylic acids is 3. The number of aliphatic hydroxyl groups excluding tert-OH is 6. The van der Waals surface area contributed by atoms with E-state index in [1.54, 1.807) is 17.0 Å². The summed E-state index contributed by atoms with van der Waals surface area (Å²) in [7, 11) is 0. The standard InChI is InChI=1S/C37H65N7O14/c1-2-5-25-6-3-7-26(42-25)21-44(32(37(57)58)10-12-34(52)41-20-29(50)24-47)17-16-43(31(36(55)56)9-11-33(51)40-19-28(49)23-46)15-14-39-30(35(53)54)8-4-13-38-18-27(48)22-45/h3,6-7,27-32,38-39,45-50H,2,4-5,8-24H2,1H3,(H,40,51)(H,41,52)(H,53,54)(H,55,56)(H,57,58). The normalized spacial score (nSPS) is 14.7. The number of aliphatic hydroxyl groups is 6. The Hall–Kier alpha value is -3.90. The van der Waals surface area contributed by atoms with Gasteiger partial charge in [0.1, 0.15) is 18.1 Å². The van der Waals surface area contributed by atoms with Crippen molar-refractivity contribution in [2.45, 2.75) is 101 Å². The largest absolute Gasteiger partial charge is 0.480 e. The third-order valence-corrected chi connectivity index (χ3v) is 9.17. The van der Waals surface area contributed by atoms with E-state index in [1.807, 2.05) is 13.0 Å². The monoisotopic (exact) mass is 831 g/mol. The van der Waals surface area contributed by atoms with Crippen LogP contribution in [0.4, 0.5) is 0 Å². The van der Waals surface area contributed by atoms with E-state index in [1.165, 1.54) is 4.90 Å². The number of hydrogen-bond donors (Lipinski definition) is 13. The van der Waals surface area contributed by atoms with Gasteiger partial charge in [0.25, 0.3) is 0 Å². The van der Waals surface area contributed by atoms with E-state index in [2.05, 4.69) is 26.3 Å². The maximum absolute atomic E-state index is 12.8. The molecule has 6 atom stereocenters. The van der Waals surface area contributed by atoms with Gasteiger partial charge in [-0.05, 0) is 50.8 Å². The minimum absolute atomic E-state index is 0.00321. The fourth-order valence-corrected chi connectivity index (χ4v) is 5.94. The molecule has 6 unspecified atom stereocenters. The highest BCUT2D eigenvalue weighted by Gasteiger charge is 2.31. The van der Waals surface area contributed by atoms with Gasteiger partial charge in [0.15, 0.2) is 0 Å². The number of carbonyl (C=O) groups excluding carboxylic acids is 2. The fraction of sp³-hybridized carbons (Fsp3) is 0.730. The molecule has 0 aliphatic carbocycles. The van der Waals surface area contributed by atoms with Crippen LogP contribution in [0.1, 0.15) is 63.3 Å². The lowest BCUT2D eigenvalue weighted by atomic mass is 10.1. The van der Waals surface area contributed by atoms with E-state index in [9.17, 15) is 54.6 Å². The summed E-state index contributed by atoms with van der Waals surface area (Å²) in [5.74, 6) is -4.86. The van der Waals surface area contributed by atoms with E-state index in [0.717, 1.165) is 12.1 Å². The predicted molar refractivity (Wildman–Crippen MR) is 208 cm³/mol. The summed E-state index contributed by atoms with van der Waals surface area (Å²) in [4.78, 5) is 70.4. The van der Waals surface area contributed by atoms with E-state index in [-0.39, 0.29) is 84.5 Å². The van der Waals surface area contributed by atoms with Crippen molar-refractivity contribution in [3.05, 3.63) is 29.6 Å². The third-order valence-electron chi connectivity index (χ3n) is 9.17. The Morgan fingerprint density at radius 1 is 0.672 bits per heavy atom. The van der Waals surface area contributed by atoms with Crippen LogP contribution in [0, 0.1) is 0 Å². The van der Waals surface area contributed by atoms with Gasteiger partial charge in [0.05, 0.1) is 43.8 Å². The van der Waals surface area contributed by atoms with Crippen molar-refractivity contribution in [2.75, 3.05) is 72.2 Å². The summed E-state index contributed by atoms with van der Waals surface area (Å²) in [6, 6.07) is 1.75. The molecule has 13 N–H and O–H groups in total. The summed E-state index contributed by atoms with van der Waals surface area (Å²) in [5.41, 5.74) is 1.31. The van der Waals surface area contributed by atoms with Crippen LogP contribution < -0.4 is 21.3 Å². The molecule has 1 rings (SSSR count). The number of aromatic nitrogens is 1. The first kappa shape index (κ1) is 52.1. The molecule has 1 heterocycles. The number of amides is 2. The maximum Gasteiger partial charge on any atom is 0.320 e. The molecule has 0 saturated heterocycles. The van der Waals surface area contributed by atoms with Crippen LogP contribution in [-0.4, -0.2) is 199 Å². The van der Waals surface area contributed by atoms with Gasteiger partial charge in [-0.3, -0.25) is 38.8 Å². The highest BCUT2D eigenvalue weighted by Crippen LogP contribution is 2.16. The first-order valence-electron chi connectivity index (χ1n) is 19.6. The van der Waals surface area contributed by atoms with Crippen LogP contribution in [-0.2, 0) is 36.9 Å². The zero-order chi connectivity index (χ0) is 43.5. The second kappa shape index (κ2) is 30.2. The molecular formula is C37H65N7O14. The van der Waals surface area contributed by atoms with Crippen molar-refractivity contribution in [1.29, 1.82) is 0 Å². The number of aliphatic carboxylic acids is 3. The van der Waals surface area contributed by atoms with E-state index >= 15 is 0 Å². The number of aryl methyl sites for hydroxylation is 1. The fourth-order valence-electron chi connectivity index (χ4n) is 5.94. The van der Waals surface area contributed by atoms with Crippen molar-refractivity contribution >= 4 is 29.7 Å². The van der Waals surface area contributed by atoms with Gasteiger partial charge >= 0.3 is 17.9 Å². The van der Waals surface area contributed by atoms with Crippen LogP contribution in [0.25, 0.3) is 0 Å². The van der Waals surface area contributed by atoms with Crippen LogP contribution in [0.5, 0.6) is 0 Å². The number of hydrogen-bond acceptors (Lipinski definition) is 16. The Morgan fingerprint density at radius 2 is 1.19 bits per heavy atom. The van der Waals surface area contributed by atoms with Crippen molar-refractivity contribution < 1.29 is 69.9 Å². The molecule has 2 amide bonds. The highest BCUT2D eigenvalue weighted by atomic mass is 16.4. The highest BCUT2D eigenvalue weighted by molar-refractivity contribution is 5.79. The topological polar surface area (TPSA) is 335 Å². The Labute approximate surface area is 338 Å². The Balaban J connectivity index is 3.36. The lowest BCUT2D eigenvalue weighted by molar-refractivity contribution is -0.146. The molecule has 0 bridgehead atoms. The molecule has 0 aromatic carbocycles. The van der Waals surface area contributed by atoms with E-state index in [4.69, 9.17) is 15.3 Å². The number of rotatable bonds is 35. The number of nitrogens with zero attached hydrogens (tertiary/aromatic N) is 3. The quantitative estimate of drug-likeness (QED) is 0.0293. The van der Waals surface area contributed by atoms with Crippen molar-refractivity contribution in [1.82, 2.24) is 36.1 Å². The van der Waals surface area contributed by atoms with Crippen LogP contribution >= 0.6 is 0 Å². The molecule has 332 valence electrons. The van der Waals surface area contributed by atoms with Gasteiger partial charge in [-0.25, -0.2) is 0 Å². The van der Waals surface area contributed by atoms with Crippen molar-refractivity contribution in [3.8, 4) is 0 Å². The van der Waals surface area contributed by atoms with Gasteiger partial charge in [0.2, 0.25) is 11.8 Å². The van der Waals surface area contributed by atoms with Gasteiger partial charge in [-0.1, -0.05) is 19.4 Å². The van der Waals surface area contributed by atoms with E-state index < -0.39 is 86.0 Å². The SMILES string of the molecule is CCCc1cccc(CN(CCN(CCNC(CCCNCC(O)CO)C(=O)O)C(CCC(=O)NCC(O)CO)C(=O)O)C(CCC(=O)NCC(O)CO)C(=O)O)n1. The first-order chi connectivity index (χ1) is 27.6. The molecule has 0 radical (unpaired) electrons. The minimum Gasteiger partial charge on any atom is -0.480 e. The number of carboxylic acid groups (broad SMARTS) is 3. The molecule has 0 fully saturated rings. The van der Waals surface area contributed by atoms with E-state index in [0.29, 0.717) is 25.1 Å². The summed E-state index contributed by atoms with van der Waals surface area (Å²) in [6.45, 7) is 0.171. The zero-order valence-electron chi connectivity index (χ0n) is 33.2. The second-order valence-electron chi connectivity index (χ2n) is 14.0. The summed E-state index contributed by atoms with van der Waals surface area (Å²) < 4.78 is 0. The van der Waals surface area contributed by atoms with Gasteiger partial charge < -0.3 is 67.2 Å². The first-order valence-corrected chi connectivity index (χ1v) is 19.6. The average Bonchev–Trinajstić information content (AvgIpc) is 3.19. The molecule has 0 saturated carbocycles. The van der Waals surface area contributed by atoms with Crippen LogP contribution in [0.3, 0.4) is 0 Å². The summed E-state index contributed by atoms with van der Waals surface area (Å²) >= 11 is 0. The zero-order valence-corrected chi connectivity index (χ0v) is 33.2. The number of nitrogens with one attached hydrogen (secondary N) is 4. The smallest absolute Gasteiger partial charge is 0.320 e. The molecule has 21 heteroatoms. The van der Waals surface area contributed by atoms with Crippen molar-refractivity contribution in [3.63, 3.8) is 0 Å². The van der Waals surface area contributed by atoms with Gasteiger partial charge in [-0.15, -0.1) is 0 Å². The average molecular weight is 832 g/mol. The molecule has 0 spiro atoms. The lowest BCUT2D eigenvalue weighted by Crippen LogP contribution is -2.51. The minimum atomic E-state index is -1.30. The molecule has 1 aromatic rings. The molecule has 21 nitrogen and oxygen atoms in total. The molecule has 58 heavy (non-hydrogen) atoms. The second-order valence-corrected chi connectivity index (χ2v) is 14.0. The van der Waals surface area contributed by atoms with Gasteiger partial charge in [0, 0.05) is 70.9 Å². The summed E-state index contributed by atoms with van der Waals surface area (Å²) in [6.07, 6.45) is -2.26. The predicted octanol–water partition coefficient (Wildman–Crippen LogP) is -3.69. The number of pyridine rings is 1. The van der Waals surface area contributed by atoms with Crippen molar-refractivity contribution in [2.24, 2.45) is 0 Å². The van der Waals surface area contributed by atoms with Crippen LogP contribution in [0.15, 0.2) is 18.2 Å².